The predicted molar refractivity (Wildman–Crippen MR) is 457 cm³/mol. The van der Waals surface area contributed by atoms with Gasteiger partial charge in [-0.25, -0.2) is 0 Å². The molecule has 6 heteroatoms. The van der Waals surface area contributed by atoms with Crippen LogP contribution in [0.5, 0.6) is 0 Å². The second kappa shape index (κ2) is 25.4. The topological polar surface area (TPSA) is 42.6 Å². The Balaban J connectivity index is 1.02. The predicted octanol–water partition coefficient (Wildman–Crippen LogP) is 29.2. The summed E-state index contributed by atoms with van der Waals surface area (Å²) in [6.45, 7) is 19.5. The van der Waals surface area contributed by atoms with Crippen LogP contribution in [-0.2, 0) is 16.2 Å². The van der Waals surface area contributed by atoms with Crippen LogP contribution in [0.3, 0.4) is 0 Å². The highest BCUT2D eigenvalue weighted by atomic mass is 16.3. The molecule has 19 rings (SSSR count). The maximum absolute atomic E-state index is 9.84. The first-order valence-corrected chi connectivity index (χ1v) is 36.4. The lowest BCUT2D eigenvalue weighted by Crippen LogP contribution is -2.20. The summed E-state index contributed by atoms with van der Waals surface area (Å²) in [4.78, 5) is 4.41. The number of fused-ring (bicyclic) bond motifs is 12. The second-order valence-electron chi connectivity index (χ2n) is 30.9. The highest BCUT2D eigenvalue weighted by molar-refractivity contribution is 6.16. The Hall–Kier alpha value is -12.9. The highest BCUT2D eigenvalue weighted by Crippen LogP contribution is 2.56. The molecule has 0 saturated heterocycles. The summed E-state index contributed by atoms with van der Waals surface area (Å²) in [7, 11) is 0. The molecule has 0 atom stereocenters. The number of anilines is 6. The quantitative estimate of drug-likeness (QED) is 0.122. The van der Waals surface area contributed by atoms with Gasteiger partial charge in [-0.3, -0.25) is 0 Å². The van der Waals surface area contributed by atoms with Crippen LogP contribution in [0.2, 0.25) is 0 Å². The maximum Gasteiger partial charge on any atom is 0.143 e. The van der Waals surface area contributed by atoms with E-state index in [9.17, 15) is 16.4 Å². The van der Waals surface area contributed by atoms with Crippen molar-refractivity contribution in [3.8, 4) is 55.9 Å². The zero-order valence-corrected chi connectivity index (χ0v) is 61.1. The smallest absolute Gasteiger partial charge is 0.143 e. The van der Waals surface area contributed by atoms with E-state index >= 15 is 0 Å². The van der Waals surface area contributed by atoms with E-state index < -0.39 is 113 Å². The first-order chi connectivity index (χ1) is 59.1. The molecule has 0 radical (unpaired) electrons. The van der Waals surface area contributed by atoms with Gasteiger partial charge in [0, 0.05) is 111 Å². The molecule has 0 saturated carbocycles. The van der Waals surface area contributed by atoms with Crippen LogP contribution in [0, 0.1) is 0 Å². The summed E-state index contributed by atoms with van der Waals surface area (Å²) < 4.78 is 168. The Labute approximate surface area is 652 Å². The van der Waals surface area contributed by atoms with Crippen LogP contribution in [0.4, 0.5) is 34.1 Å². The van der Waals surface area contributed by atoms with Crippen LogP contribution in [-0.4, -0.2) is 9.13 Å². The Morgan fingerprint density at radius 3 is 0.972 bits per heavy atom. The molecule has 6 nitrogen and oxygen atoms in total. The largest absolute Gasteiger partial charge is 0.455 e. The van der Waals surface area contributed by atoms with Gasteiger partial charge in [-0.15, -0.1) is 0 Å². The van der Waals surface area contributed by atoms with Gasteiger partial charge in [0.05, 0.1) is 55.4 Å². The average molecular weight is 1410 g/mol. The van der Waals surface area contributed by atoms with Gasteiger partial charge in [-0.1, -0.05) is 280 Å². The minimum absolute atomic E-state index is 0.0641. The molecule has 0 bridgehead atoms. The summed E-state index contributed by atoms with van der Waals surface area (Å²) in [6, 6.07) is 70.6. The number of furan rings is 2. The van der Waals surface area contributed by atoms with Crippen molar-refractivity contribution < 1.29 is 30.8 Å². The molecule has 0 aliphatic carbocycles. The van der Waals surface area contributed by atoms with Gasteiger partial charge in [0.15, 0.2) is 0 Å². The molecule has 4 heterocycles. The number of nitrogens with zero attached hydrogens (tertiary/aromatic N) is 4. The maximum atomic E-state index is 9.84. The number of hydrogen-bond donors (Lipinski definition) is 0. The van der Waals surface area contributed by atoms with Crippen molar-refractivity contribution in [1.82, 2.24) is 9.13 Å². The minimum atomic E-state index is -0.738. The molecule has 0 aliphatic rings. The Kier molecular flexibility index (Phi) is 11.9. The fourth-order valence-electron chi connectivity index (χ4n) is 15.6. The highest BCUT2D eigenvalue weighted by Gasteiger charge is 2.34. The van der Waals surface area contributed by atoms with Crippen LogP contribution < -0.4 is 9.80 Å². The molecule has 19 aromatic rings. The van der Waals surface area contributed by atoms with Gasteiger partial charge in [0.1, 0.15) is 22.3 Å². The number of rotatable bonds is 12. The molecule has 15 aromatic carbocycles. The van der Waals surface area contributed by atoms with Crippen LogP contribution in [0.15, 0.2) is 342 Å². The van der Waals surface area contributed by atoms with Gasteiger partial charge in [-0.2, -0.15) is 0 Å². The molecule has 0 spiro atoms. The lowest BCUT2D eigenvalue weighted by Gasteiger charge is -2.36. The van der Waals surface area contributed by atoms with E-state index in [2.05, 4.69) is 175 Å². The Morgan fingerprint density at radius 2 is 0.593 bits per heavy atom. The van der Waals surface area contributed by atoms with Gasteiger partial charge in [0.25, 0.3) is 0 Å². The van der Waals surface area contributed by atoms with Crippen LogP contribution in [0.25, 0.3) is 143 Å². The SMILES string of the molecule is [2H]c1c([2H])c([2H])c2c(c1[2H])c1c([2H])c([2H])c([2H])c([2H])c1n2-c1cccc(N(c2cc(N(c3cccc(-n4c5c([2H])c([2H])c([2H])c([2H])c5c5c([2H])c([2H])c([2H])c([2H])c54)c3)c3c(-c4ccccc4)cc(C(C)(C)C)cc3-c3cccc4c3oc3ccccc34)cc(C(C)(C)C)c2)c2c(-c3ccccc3)cc(C(C)(C)C)cc2-c2cccc3c2oc2ccccc23)c1. The van der Waals surface area contributed by atoms with Crippen LogP contribution in [0.1, 0.15) is 101 Å². The molecule has 4 aromatic heterocycles. The lowest BCUT2D eigenvalue weighted by molar-refractivity contribution is 0.590. The van der Waals surface area contributed by atoms with Crippen molar-refractivity contribution in [3.05, 3.63) is 350 Å². The molecule has 522 valence electrons. The molecule has 0 aliphatic heterocycles. The Morgan fingerprint density at radius 1 is 0.269 bits per heavy atom. The summed E-state index contributed by atoms with van der Waals surface area (Å²) in [5.74, 6) is 0. The monoisotopic (exact) mass is 1410 g/mol. The number of hydrogen-bond acceptors (Lipinski definition) is 4. The van der Waals surface area contributed by atoms with Gasteiger partial charge in [0.2, 0.25) is 0 Å². The zero-order chi connectivity index (χ0) is 87.2. The van der Waals surface area contributed by atoms with Crippen molar-refractivity contribution in [3.63, 3.8) is 0 Å². The normalized spacial score (nSPS) is 14.4. The van der Waals surface area contributed by atoms with Crippen molar-refractivity contribution >= 4 is 122 Å². The fourth-order valence-corrected chi connectivity index (χ4v) is 15.6. The first kappa shape index (κ1) is 50.5. The Bertz CT molecular complexity index is 7180. The van der Waals surface area contributed by atoms with E-state index in [1.807, 2.05) is 121 Å². The van der Waals surface area contributed by atoms with Crippen LogP contribution >= 0.6 is 0 Å². The minimum Gasteiger partial charge on any atom is -0.455 e. The third-order valence-electron chi connectivity index (χ3n) is 21.0. The van der Waals surface area contributed by atoms with E-state index in [4.69, 9.17) is 14.3 Å². The molecular formula is C102H82N4O2. The molecule has 0 fully saturated rings. The van der Waals surface area contributed by atoms with E-state index in [0.29, 0.717) is 56.5 Å². The zero-order valence-electron chi connectivity index (χ0n) is 77.1. The molecular weight excluding hydrogens is 1310 g/mol. The summed E-state index contributed by atoms with van der Waals surface area (Å²) in [5.41, 5.74) is 13.5. The molecule has 108 heavy (non-hydrogen) atoms. The third kappa shape index (κ3) is 11.1. The van der Waals surface area contributed by atoms with Crippen molar-refractivity contribution in [2.75, 3.05) is 9.80 Å². The number of benzene rings is 15. The second-order valence-corrected chi connectivity index (χ2v) is 30.9. The van der Waals surface area contributed by atoms with Crippen molar-refractivity contribution in [1.29, 1.82) is 0 Å². The van der Waals surface area contributed by atoms with E-state index in [-0.39, 0.29) is 55.0 Å². The number of aromatic nitrogens is 2. The van der Waals surface area contributed by atoms with E-state index in [0.717, 1.165) is 82.7 Å². The average Bonchev–Trinajstić information content (AvgIpc) is 1.53. The molecule has 0 amide bonds. The molecule has 0 unspecified atom stereocenters. The van der Waals surface area contributed by atoms with E-state index in [1.165, 1.54) is 9.13 Å². The fraction of sp³-hybridized carbons (Fsp3) is 0.118. The van der Waals surface area contributed by atoms with Gasteiger partial charge in [-0.05, 0) is 159 Å². The van der Waals surface area contributed by atoms with Gasteiger partial charge >= 0.3 is 0 Å². The summed E-state index contributed by atoms with van der Waals surface area (Å²) in [5, 5.41) is 3.22. The lowest BCUT2D eigenvalue weighted by atomic mass is 9.81. The number of para-hydroxylation sites is 8. The summed E-state index contributed by atoms with van der Waals surface area (Å²) in [6.07, 6.45) is 0. The summed E-state index contributed by atoms with van der Waals surface area (Å²) >= 11 is 0. The molecule has 0 N–H and O–H groups in total. The first-order valence-electron chi connectivity index (χ1n) is 44.4. The van der Waals surface area contributed by atoms with Gasteiger partial charge < -0.3 is 27.8 Å². The van der Waals surface area contributed by atoms with Crippen molar-refractivity contribution in [2.45, 2.75) is 78.6 Å². The van der Waals surface area contributed by atoms with Crippen molar-refractivity contribution in [2.24, 2.45) is 0 Å². The third-order valence-corrected chi connectivity index (χ3v) is 21.0. The standard InChI is InChI=1S/C102H82N4O2/c1-100(2,3)67-56-74(103(70-36-28-38-72(62-70)105-90-50-22-16-40-76(90)77-41-17-23-51-91(77)105)96-86(65-32-12-10-13-33-65)58-68(101(4,5)6)60-88(96)84-48-30-46-82-80-44-20-26-54-94(80)107-98(82)84)64-75(57-67)104(71-37-29-39-73(63-71)106-92-52-24-18-42-78(92)79-43-19-25-53-93(79)106)97-87(66-34-14-11-15-35-66)59-69(102(7,8)9)61-89(97)85-49-31-47-83-81-45-21-27-55-95(81)108-99(83)85/h10-64H,1-9H3/i16D,17D,18D,19D,22D,23D,24D,25D,40D,41D,42D,43D,50D,51D,52D,53D. The van der Waals surface area contributed by atoms with E-state index in [1.54, 1.807) is 12.1 Å².